The molecule has 0 saturated carbocycles. The summed E-state index contributed by atoms with van der Waals surface area (Å²) in [5.41, 5.74) is 6.29. The number of unbranched alkanes of at least 4 members (excludes halogenated alkanes) is 1. The molecule has 0 saturated heterocycles. The van der Waals surface area contributed by atoms with E-state index in [1.807, 2.05) is 38.2 Å². The quantitative estimate of drug-likeness (QED) is 0.392. The van der Waals surface area contributed by atoms with E-state index in [1.54, 1.807) is 28.4 Å². The molecule has 0 amide bonds. The number of hydrogen-bond donors (Lipinski definition) is 2. The minimum absolute atomic E-state index is 0.108. The van der Waals surface area contributed by atoms with E-state index < -0.39 is 11.2 Å². The first-order valence-corrected chi connectivity index (χ1v) is 11.4. The highest BCUT2D eigenvalue weighted by atomic mass is 32.1. The molecule has 2 aromatic heterocycles. The second kappa shape index (κ2) is 11.2. The summed E-state index contributed by atoms with van der Waals surface area (Å²) < 4.78 is 15.7. The van der Waals surface area contributed by atoms with Gasteiger partial charge in [0.25, 0.3) is 5.56 Å². The topological polar surface area (TPSA) is 125 Å². The number of nitrogens with two attached hydrogens (primary N) is 1. The number of nitrogens with one attached hydrogen (secondary N) is 1. The molecule has 1 aromatic carbocycles. The van der Waals surface area contributed by atoms with E-state index in [2.05, 4.69) is 10.1 Å². The normalized spacial score (nSPS) is 11.1. The Morgan fingerprint density at radius 1 is 1.21 bits per heavy atom. The highest BCUT2D eigenvalue weighted by Crippen LogP contribution is 2.22. The molecule has 34 heavy (non-hydrogen) atoms. The first-order chi connectivity index (χ1) is 16.3. The van der Waals surface area contributed by atoms with E-state index in [-0.39, 0.29) is 18.2 Å². The fourth-order valence-electron chi connectivity index (χ4n) is 3.61. The maximum absolute atomic E-state index is 12.8. The molecule has 3 N–H and O–H groups in total. The summed E-state index contributed by atoms with van der Waals surface area (Å²) >= 11 is 5.62. The van der Waals surface area contributed by atoms with Crippen LogP contribution in [0.2, 0.25) is 0 Å². The molecule has 11 nitrogen and oxygen atoms in total. The van der Waals surface area contributed by atoms with E-state index in [0.717, 1.165) is 24.2 Å². The van der Waals surface area contributed by atoms with E-state index in [1.165, 1.54) is 4.57 Å². The number of methoxy groups -OCH3 is 2. The Kier molecular flexibility index (Phi) is 8.29. The van der Waals surface area contributed by atoms with Crippen LogP contribution in [0, 0.1) is 4.77 Å². The number of anilines is 2. The van der Waals surface area contributed by atoms with Crippen molar-refractivity contribution >= 4 is 23.7 Å². The molecule has 0 unspecified atom stereocenters. The third-order valence-corrected chi connectivity index (χ3v) is 6.01. The first-order valence-electron chi connectivity index (χ1n) is 11.0. The van der Waals surface area contributed by atoms with Crippen molar-refractivity contribution in [1.29, 1.82) is 0 Å². The van der Waals surface area contributed by atoms with Crippen LogP contribution in [-0.4, -0.2) is 51.3 Å². The van der Waals surface area contributed by atoms with Gasteiger partial charge < -0.3 is 24.7 Å². The van der Waals surface area contributed by atoms with Crippen molar-refractivity contribution in [3.63, 3.8) is 0 Å². The molecule has 3 aromatic rings. The average molecular weight is 490 g/mol. The third-order valence-electron chi connectivity index (χ3n) is 5.52. The highest BCUT2D eigenvalue weighted by molar-refractivity contribution is 7.71. The lowest BCUT2D eigenvalue weighted by molar-refractivity contribution is 0.203. The van der Waals surface area contributed by atoms with Crippen LogP contribution in [0.25, 0.3) is 11.4 Å². The molecule has 184 valence electrons. The van der Waals surface area contributed by atoms with Crippen LogP contribution in [0.3, 0.4) is 0 Å². The van der Waals surface area contributed by atoms with Crippen LogP contribution >= 0.6 is 12.2 Å². The van der Waals surface area contributed by atoms with Crippen molar-refractivity contribution in [2.24, 2.45) is 7.05 Å². The van der Waals surface area contributed by atoms with Crippen LogP contribution in [0.15, 0.2) is 33.9 Å². The summed E-state index contributed by atoms with van der Waals surface area (Å²) in [6.07, 6.45) is 1.63. The summed E-state index contributed by atoms with van der Waals surface area (Å²) in [4.78, 5) is 29.3. The number of nitrogen functional groups attached to an aromatic ring is 1. The predicted octanol–water partition coefficient (Wildman–Crippen LogP) is 1.97. The number of H-pyrrole nitrogens is 1. The van der Waals surface area contributed by atoms with Gasteiger partial charge in [0.2, 0.25) is 0 Å². The molecule has 0 aliphatic rings. The van der Waals surface area contributed by atoms with Gasteiger partial charge in [-0.25, -0.2) is 9.48 Å². The van der Waals surface area contributed by atoms with Gasteiger partial charge >= 0.3 is 5.69 Å². The third kappa shape index (κ3) is 5.23. The Balaban J connectivity index is 2.04. The van der Waals surface area contributed by atoms with Gasteiger partial charge in [0.05, 0.1) is 13.7 Å². The molecular weight excluding hydrogens is 458 g/mol. The molecule has 0 radical (unpaired) electrons. The zero-order valence-corrected chi connectivity index (χ0v) is 20.7. The summed E-state index contributed by atoms with van der Waals surface area (Å²) in [7, 11) is 5.01. The van der Waals surface area contributed by atoms with Crippen LogP contribution in [0.1, 0.15) is 19.8 Å². The summed E-state index contributed by atoms with van der Waals surface area (Å²) in [6.45, 7) is 3.24. The number of nitrogens with zero attached hydrogens (tertiary/aromatic N) is 5. The first kappa shape index (κ1) is 25.2. The largest absolute Gasteiger partial charge is 0.497 e. The van der Waals surface area contributed by atoms with Gasteiger partial charge in [-0.1, -0.05) is 13.3 Å². The number of benzene rings is 1. The van der Waals surface area contributed by atoms with Gasteiger partial charge in [0.15, 0.2) is 10.6 Å². The predicted molar refractivity (Wildman–Crippen MR) is 134 cm³/mol. The number of rotatable bonds is 11. The fraction of sp³-hybridized carbons (Fsp3) is 0.455. The van der Waals surface area contributed by atoms with Gasteiger partial charge in [-0.15, -0.1) is 5.10 Å². The minimum Gasteiger partial charge on any atom is -0.497 e. The zero-order chi connectivity index (χ0) is 24.8. The molecule has 0 bridgehead atoms. The minimum atomic E-state index is -0.566. The Morgan fingerprint density at radius 2 is 1.91 bits per heavy atom. The van der Waals surface area contributed by atoms with Gasteiger partial charge in [-0.05, 0) is 42.9 Å². The van der Waals surface area contributed by atoms with Crippen molar-refractivity contribution < 1.29 is 9.47 Å². The molecular formula is C22H31N7O4S. The molecule has 2 heterocycles. The van der Waals surface area contributed by atoms with Crippen LogP contribution < -0.4 is 26.6 Å². The molecule has 0 atom stereocenters. The van der Waals surface area contributed by atoms with Gasteiger partial charge in [-0.3, -0.25) is 14.3 Å². The van der Waals surface area contributed by atoms with Crippen molar-refractivity contribution in [2.75, 3.05) is 38.0 Å². The Bertz CT molecular complexity index is 1290. The van der Waals surface area contributed by atoms with Crippen molar-refractivity contribution in [3.05, 3.63) is 49.9 Å². The molecule has 3 rings (SSSR count). The molecule has 12 heteroatoms. The van der Waals surface area contributed by atoms with E-state index >= 15 is 0 Å². The lowest BCUT2D eigenvalue weighted by Gasteiger charge is -2.25. The summed E-state index contributed by atoms with van der Waals surface area (Å²) in [5.74, 6) is 1.51. The van der Waals surface area contributed by atoms with Crippen molar-refractivity contribution in [2.45, 2.75) is 33.0 Å². The Morgan fingerprint density at radius 3 is 2.53 bits per heavy atom. The van der Waals surface area contributed by atoms with Crippen molar-refractivity contribution in [1.82, 2.24) is 23.9 Å². The van der Waals surface area contributed by atoms with Crippen molar-refractivity contribution in [3.8, 4) is 17.1 Å². The molecule has 0 fully saturated rings. The van der Waals surface area contributed by atoms with Crippen LogP contribution in [-0.2, 0) is 25.0 Å². The standard InChI is InChI=1S/C22H31N7O4S/c1-5-6-11-28-18(23)17(20(30)24-21(28)31)27(12-13-32-3)14-29-22(34)26(2)19(25-29)15-7-9-16(33-4)10-8-15/h7-10H,5-6,11-14,23H2,1-4H3,(H,24,30,31). The Labute approximate surface area is 202 Å². The molecule has 0 aliphatic heterocycles. The average Bonchev–Trinajstić information content (AvgIpc) is 3.10. The number of aromatic amines is 1. The van der Waals surface area contributed by atoms with Gasteiger partial charge in [0, 0.05) is 32.8 Å². The SMILES string of the molecule is CCCCn1c(N)c(N(CCOC)Cn2nc(-c3ccc(OC)cc3)n(C)c2=S)c(=O)[nH]c1=O. The van der Waals surface area contributed by atoms with E-state index in [4.69, 9.17) is 27.4 Å². The Hall–Kier alpha value is -3.38. The lowest BCUT2D eigenvalue weighted by atomic mass is 10.2. The summed E-state index contributed by atoms with van der Waals surface area (Å²) in [6, 6.07) is 7.49. The highest BCUT2D eigenvalue weighted by Gasteiger charge is 2.21. The van der Waals surface area contributed by atoms with E-state index in [9.17, 15) is 9.59 Å². The zero-order valence-electron chi connectivity index (χ0n) is 19.9. The van der Waals surface area contributed by atoms with Crippen LogP contribution in [0.4, 0.5) is 11.5 Å². The van der Waals surface area contributed by atoms with E-state index in [0.29, 0.717) is 30.3 Å². The number of hydrogen-bond acceptors (Lipinski definition) is 8. The second-order valence-electron chi connectivity index (χ2n) is 7.79. The smallest absolute Gasteiger partial charge is 0.330 e. The number of aromatic nitrogens is 5. The second-order valence-corrected chi connectivity index (χ2v) is 8.15. The molecule has 0 aliphatic carbocycles. The fourth-order valence-corrected chi connectivity index (χ4v) is 3.79. The van der Waals surface area contributed by atoms with Gasteiger partial charge in [0.1, 0.15) is 23.9 Å². The molecule has 0 spiro atoms. The summed E-state index contributed by atoms with van der Waals surface area (Å²) in [5, 5.41) is 4.69. The van der Waals surface area contributed by atoms with Crippen LogP contribution in [0.5, 0.6) is 5.75 Å². The monoisotopic (exact) mass is 489 g/mol. The number of ether oxygens (including phenoxy) is 2. The maximum Gasteiger partial charge on any atom is 0.330 e. The van der Waals surface area contributed by atoms with Gasteiger partial charge in [-0.2, -0.15) is 0 Å². The maximum atomic E-state index is 12.8. The lowest BCUT2D eigenvalue weighted by Crippen LogP contribution is -2.40.